The number of carbonyl (C=O) groups is 2. The highest BCUT2D eigenvalue weighted by Gasteiger charge is 2.15. The van der Waals surface area contributed by atoms with Crippen LogP contribution < -0.4 is 10.6 Å². The van der Waals surface area contributed by atoms with Crippen molar-refractivity contribution in [2.75, 3.05) is 16.4 Å². The number of Topliss-reactive ketones (excluding diaryl/α,β-unsaturated/α-hetero) is 1. The molecule has 0 radical (unpaired) electrons. The molecule has 1 aromatic heterocycles. The van der Waals surface area contributed by atoms with E-state index in [1.165, 1.54) is 18.7 Å². The van der Waals surface area contributed by atoms with Crippen LogP contribution in [0.15, 0.2) is 90.1 Å². The van der Waals surface area contributed by atoms with Crippen molar-refractivity contribution in [2.24, 2.45) is 0 Å². The van der Waals surface area contributed by atoms with Gasteiger partial charge in [-0.3, -0.25) is 14.2 Å². The predicted octanol–water partition coefficient (Wildman–Crippen LogP) is 5.20. The molecular weight excluding hydrogens is 446 g/mol. The van der Waals surface area contributed by atoms with E-state index in [0.717, 1.165) is 22.4 Å². The fourth-order valence-electron chi connectivity index (χ4n) is 3.33. The van der Waals surface area contributed by atoms with Crippen LogP contribution in [0, 0.1) is 0 Å². The number of anilines is 2. The second kappa shape index (κ2) is 11.3. The number of carbonyl (C=O) groups excluding carboxylic acids is 2. The number of amides is 1. The molecule has 2 N–H and O–H groups in total. The molecule has 0 aliphatic rings. The summed E-state index contributed by atoms with van der Waals surface area (Å²) in [7, 11) is 0. The van der Waals surface area contributed by atoms with Gasteiger partial charge in [-0.25, -0.2) is 0 Å². The zero-order valence-electron chi connectivity index (χ0n) is 18.8. The third-order valence-electron chi connectivity index (χ3n) is 5.07. The number of para-hydroxylation sites is 2. The van der Waals surface area contributed by atoms with Crippen molar-refractivity contribution in [3.63, 3.8) is 0 Å². The molecule has 4 rings (SSSR count). The molecule has 7 nitrogen and oxygen atoms in total. The Balaban J connectivity index is 1.39. The Morgan fingerprint density at radius 2 is 1.53 bits per heavy atom. The van der Waals surface area contributed by atoms with Crippen molar-refractivity contribution in [1.82, 2.24) is 14.8 Å². The van der Waals surface area contributed by atoms with E-state index < -0.39 is 0 Å². The normalized spacial score (nSPS) is 10.6. The number of nitrogens with zero attached hydrogens (tertiary/aromatic N) is 3. The lowest BCUT2D eigenvalue weighted by atomic mass is 10.1. The Hall–Kier alpha value is -3.91. The molecular formula is C26H25N5O2S. The van der Waals surface area contributed by atoms with E-state index in [-0.39, 0.29) is 11.7 Å². The van der Waals surface area contributed by atoms with Gasteiger partial charge in [-0.05, 0) is 55.5 Å². The number of nitrogens with one attached hydrogen (secondary N) is 2. The fraction of sp³-hybridized carbons (Fsp3) is 0.154. The lowest BCUT2D eigenvalue weighted by Crippen LogP contribution is -2.12. The molecule has 1 amide bonds. The molecule has 3 aromatic carbocycles. The van der Waals surface area contributed by atoms with Crippen LogP contribution in [0.4, 0.5) is 11.4 Å². The maximum Gasteiger partial charge on any atom is 0.225 e. The van der Waals surface area contributed by atoms with E-state index in [1.807, 2.05) is 65.2 Å². The average Bonchev–Trinajstić information content (AvgIpc) is 3.27. The number of ketones is 1. The van der Waals surface area contributed by atoms with E-state index in [1.54, 1.807) is 24.3 Å². The third-order valence-corrected chi connectivity index (χ3v) is 6.01. The Labute approximate surface area is 202 Å². The number of rotatable bonds is 10. The van der Waals surface area contributed by atoms with Crippen LogP contribution in [-0.2, 0) is 11.3 Å². The summed E-state index contributed by atoms with van der Waals surface area (Å²) < 4.78 is 2.01. The van der Waals surface area contributed by atoms with Crippen molar-refractivity contribution < 1.29 is 9.59 Å². The van der Waals surface area contributed by atoms with Gasteiger partial charge in [0.25, 0.3) is 0 Å². The van der Waals surface area contributed by atoms with Gasteiger partial charge in [0.05, 0.1) is 6.54 Å². The maximum absolute atomic E-state index is 12.4. The number of aromatic nitrogens is 3. The molecule has 0 aliphatic heterocycles. The summed E-state index contributed by atoms with van der Waals surface area (Å²) in [6.07, 6.45) is 0.318. The number of hydrogen-bond acceptors (Lipinski definition) is 6. The number of thioether (sulfide) groups is 1. The summed E-state index contributed by atoms with van der Waals surface area (Å²) in [5.41, 5.74) is 3.26. The summed E-state index contributed by atoms with van der Waals surface area (Å²) in [6.45, 7) is 2.03. The van der Waals surface area contributed by atoms with Crippen molar-refractivity contribution in [3.05, 3.63) is 96.3 Å². The van der Waals surface area contributed by atoms with Gasteiger partial charge in [-0.2, -0.15) is 0 Å². The van der Waals surface area contributed by atoms with Gasteiger partial charge in [0.1, 0.15) is 0 Å². The van der Waals surface area contributed by atoms with Crippen molar-refractivity contribution in [1.29, 1.82) is 0 Å². The summed E-state index contributed by atoms with van der Waals surface area (Å²) in [6, 6.07) is 26.8. The first-order valence-corrected chi connectivity index (χ1v) is 11.9. The zero-order valence-corrected chi connectivity index (χ0v) is 19.6. The average molecular weight is 472 g/mol. The van der Waals surface area contributed by atoms with E-state index in [2.05, 4.69) is 20.8 Å². The molecule has 34 heavy (non-hydrogen) atoms. The Morgan fingerprint density at radius 3 is 2.21 bits per heavy atom. The minimum atomic E-state index is -0.0974. The van der Waals surface area contributed by atoms with Gasteiger partial charge >= 0.3 is 0 Å². The first-order chi connectivity index (χ1) is 16.6. The highest BCUT2D eigenvalue weighted by Crippen LogP contribution is 2.23. The van der Waals surface area contributed by atoms with Crippen molar-refractivity contribution >= 4 is 34.8 Å². The molecule has 0 atom stereocenters. The molecule has 0 aliphatic carbocycles. The molecule has 8 heteroatoms. The molecule has 0 bridgehead atoms. The fourth-order valence-corrected chi connectivity index (χ4v) is 4.24. The second-order valence-corrected chi connectivity index (χ2v) is 8.63. The SMILES string of the molecule is CC(=O)c1ccc(NC(=O)CCSc2nnc(CNc3ccccc3)n2-c2ccccc2)cc1. The smallest absolute Gasteiger partial charge is 0.225 e. The summed E-state index contributed by atoms with van der Waals surface area (Å²) in [4.78, 5) is 23.8. The first-order valence-electron chi connectivity index (χ1n) is 10.9. The van der Waals surface area contributed by atoms with Gasteiger partial charge in [0, 0.05) is 34.8 Å². The van der Waals surface area contributed by atoms with Crippen molar-refractivity contribution in [3.8, 4) is 5.69 Å². The molecule has 0 fully saturated rings. The largest absolute Gasteiger partial charge is 0.378 e. The molecule has 1 heterocycles. The molecule has 0 spiro atoms. The summed E-state index contributed by atoms with van der Waals surface area (Å²) >= 11 is 1.49. The topological polar surface area (TPSA) is 88.9 Å². The monoisotopic (exact) mass is 471 g/mol. The van der Waals surface area contributed by atoms with E-state index in [9.17, 15) is 9.59 Å². The van der Waals surface area contributed by atoms with Gasteiger partial charge < -0.3 is 10.6 Å². The first kappa shape index (κ1) is 23.3. The Bertz CT molecular complexity index is 1240. The highest BCUT2D eigenvalue weighted by molar-refractivity contribution is 7.99. The molecule has 4 aromatic rings. The Kier molecular flexibility index (Phi) is 7.72. The minimum absolute atomic E-state index is 0.00450. The van der Waals surface area contributed by atoms with Crippen LogP contribution in [-0.4, -0.2) is 32.2 Å². The highest BCUT2D eigenvalue weighted by atomic mass is 32.2. The van der Waals surface area contributed by atoms with Crippen LogP contribution in [0.5, 0.6) is 0 Å². The molecule has 0 saturated heterocycles. The van der Waals surface area contributed by atoms with Crippen molar-refractivity contribution in [2.45, 2.75) is 25.0 Å². The number of hydrogen-bond donors (Lipinski definition) is 2. The quantitative estimate of drug-likeness (QED) is 0.244. The summed E-state index contributed by atoms with van der Waals surface area (Å²) in [5.74, 6) is 1.23. The minimum Gasteiger partial charge on any atom is -0.378 e. The zero-order chi connectivity index (χ0) is 23.8. The molecule has 0 saturated carbocycles. The van der Waals surface area contributed by atoms with Crippen LogP contribution in [0.25, 0.3) is 5.69 Å². The van der Waals surface area contributed by atoms with Gasteiger partial charge in [-0.1, -0.05) is 48.2 Å². The second-order valence-electron chi connectivity index (χ2n) is 7.57. The van der Waals surface area contributed by atoms with Crippen LogP contribution in [0.2, 0.25) is 0 Å². The van der Waals surface area contributed by atoms with Crippen LogP contribution in [0.1, 0.15) is 29.5 Å². The van der Waals surface area contributed by atoms with E-state index in [4.69, 9.17) is 0 Å². The predicted molar refractivity (Wildman–Crippen MR) is 136 cm³/mol. The van der Waals surface area contributed by atoms with Crippen LogP contribution in [0.3, 0.4) is 0 Å². The van der Waals surface area contributed by atoms with Gasteiger partial charge in [0.15, 0.2) is 16.8 Å². The van der Waals surface area contributed by atoms with Gasteiger partial charge in [-0.15, -0.1) is 10.2 Å². The maximum atomic E-state index is 12.4. The van der Waals surface area contributed by atoms with Gasteiger partial charge in [0.2, 0.25) is 5.91 Å². The van der Waals surface area contributed by atoms with E-state index >= 15 is 0 Å². The third kappa shape index (κ3) is 6.11. The number of benzene rings is 3. The standard InChI is InChI=1S/C26H25N5O2S/c1-19(32)20-12-14-22(15-13-20)28-25(33)16-17-34-26-30-29-24(18-27-21-8-4-2-5-9-21)31(26)23-10-6-3-7-11-23/h2-15,27H,16-18H2,1H3,(H,28,33). The van der Waals surface area contributed by atoms with E-state index in [0.29, 0.717) is 30.0 Å². The lowest BCUT2D eigenvalue weighted by molar-refractivity contribution is -0.115. The lowest BCUT2D eigenvalue weighted by Gasteiger charge is -2.11. The molecule has 0 unspecified atom stereocenters. The Morgan fingerprint density at radius 1 is 0.853 bits per heavy atom. The van der Waals surface area contributed by atoms with Crippen LogP contribution >= 0.6 is 11.8 Å². The summed E-state index contributed by atoms with van der Waals surface area (Å²) in [5, 5.41) is 15.8. The molecule has 172 valence electrons.